The quantitative estimate of drug-likeness (QED) is 0.573. The van der Waals surface area contributed by atoms with Crippen LogP contribution in [0.1, 0.15) is 11.1 Å². The molecule has 2 aromatic carbocycles. The zero-order valence-corrected chi connectivity index (χ0v) is 15.9. The smallest absolute Gasteiger partial charge is 0.263 e. The average molecular weight is 377 g/mol. The molecule has 0 fully saturated rings. The van der Waals surface area contributed by atoms with Gasteiger partial charge < -0.3 is 0 Å². The van der Waals surface area contributed by atoms with Crippen LogP contribution in [0.5, 0.6) is 0 Å². The molecule has 0 atom stereocenters. The molecule has 5 nitrogen and oxygen atoms in total. The fraction of sp³-hybridized carbons (Fsp3) is 0.0952. The summed E-state index contributed by atoms with van der Waals surface area (Å²) in [6.07, 6.45) is 1.81. The summed E-state index contributed by atoms with van der Waals surface area (Å²) < 4.78 is 30.5. The van der Waals surface area contributed by atoms with Crippen molar-refractivity contribution in [3.05, 3.63) is 84.1 Å². The van der Waals surface area contributed by atoms with Gasteiger partial charge in [-0.1, -0.05) is 54.1 Å². The molecule has 0 amide bonds. The second-order valence-corrected chi connectivity index (χ2v) is 8.16. The number of nitrogens with one attached hydrogen (secondary N) is 1. The van der Waals surface area contributed by atoms with Crippen molar-refractivity contribution >= 4 is 21.5 Å². The lowest BCUT2D eigenvalue weighted by Crippen LogP contribution is -2.15. The van der Waals surface area contributed by atoms with Gasteiger partial charge in [0, 0.05) is 11.8 Å². The van der Waals surface area contributed by atoms with Crippen molar-refractivity contribution in [1.29, 1.82) is 0 Å². The number of rotatable bonds is 4. The molecule has 0 aliphatic rings. The summed E-state index contributed by atoms with van der Waals surface area (Å²) in [4.78, 5) is 4.93. The first kappa shape index (κ1) is 17.3. The summed E-state index contributed by atoms with van der Waals surface area (Å²) in [5.41, 5.74) is 4.14. The Balaban J connectivity index is 1.90. The second kappa shape index (κ2) is 6.55. The highest BCUT2D eigenvalue weighted by Gasteiger charge is 2.21. The third-order valence-corrected chi connectivity index (χ3v) is 5.81. The van der Waals surface area contributed by atoms with E-state index in [0.717, 1.165) is 22.3 Å². The highest BCUT2D eigenvalue weighted by atomic mass is 32.2. The van der Waals surface area contributed by atoms with E-state index in [1.165, 1.54) is 0 Å². The van der Waals surface area contributed by atoms with Crippen molar-refractivity contribution in [1.82, 2.24) is 9.38 Å². The molecule has 4 aromatic rings. The predicted molar refractivity (Wildman–Crippen MR) is 107 cm³/mol. The van der Waals surface area contributed by atoms with Crippen molar-refractivity contribution in [3.8, 4) is 11.3 Å². The van der Waals surface area contributed by atoms with Crippen LogP contribution in [-0.2, 0) is 10.0 Å². The molecule has 4 rings (SSSR count). The van der Waals surface area contributed by atoms with Crippen molar-refractivity contribution in [2.45, 2.75) is 18.7 Å². The fourth-order valence-corrected chi connectivity index (χ4v) is 4.06. The van der Waals surface area contributed by atoms with Crippen molar-refractivity contribution < 1.29 is 8.42 Å². The van der Waals surface area contributed by atoms with Crippen LogP contribution in [0.3, 0.4) is 0 Å². The zero-order chi connectivity index (χ0) is 19.0. The van der Waals surface area contributed by atoms with Gasteiger partial charge in [-0.3, -0.25) is 9.12 Å². The first-order valence-corrected chi connectivity index (χ1v) is 10.1. The van der Waals surface area contributed by atoms with Crippen LogP contribution in [0.4, 0.5) is 5.82 Å². The Bertz CT molecular complexity index is 1210. The molecule has 0 saturated carbocycles. The minimum absolute atomic E-state index is 0.217. The summed E-state index contributed by atoms with van der Waals surface area (Å²) in [7, 11) is -3.75. The first-order valence-electron chi connectivity index (χ1n) is 8.58. The van der Waals surface area contributed by atoms with Gasteiger partial charge in [0.2, 0.25) is 0 Å². The molecule has 0 aliphatic carbocycles. The molecule has 0 spiro atoms. The average Bonchev–Trinajstić information content (AvgIpc) is 3.02. The predicted octanol–water partition coefficient (Wildman–Crippen LogP) is 4.42. The van der Waals surface area contributed by atoms with E-state index in [4.69, 9.17) is 4.98 Å². The van der Waals surface area contributed by atoms with Crippen molar-refractivity contribution in [2.24, 2.45) is 0 Å². The summed E-state index contributed by atoms with van der Waals surface area (Å²) in [5, 5.41) is 0. The molecule has 1 N–H and O–H groups in total. The minimum Gasteiger partial charge on any atom is -0.285 e. The van der Waals surface area contributed by atoms with Crippen LogP contribution in [0, 0.1) is 13.8 Å². The lowest BCUT2D eigenvalue weighted by Gasteiger charge is -2.10. The molecule has 0 bridgehead atoms. The van der Waals surface area contributed by atoms with E-state index in [0.29, 0.717) is 11.5 Å². The fourth-order valence-electron chi connectivity index (χ4n) is 3.00. The molecule has 27 heavy (non-hydrogen) atoms. The van der Waals surface area contributed by atoms with Crippen LogP contribution in [0.2, 0.25) is 0 Å². The van der Waals surface area contributed by atoms with E-state index in [1.54, 1.807) is 28.7 Å². The third kappa shape index (κ3) is 3.19. The van der Waals surface area contributed by atoms with Crippen LogP contribution in [-0.4, -0.2) is 17.8 Å². The highest BCUT2D eigenvalue weighted by Crippen LogP contribution is 2.31. The monoisotopic (exact) mass is 377 g/mol. The number of pyridine rings is 1. The van der Waals surface area contributed by atoms with Crippen molar-refractivity contribution in [2.75, 3.05) is 4.72 Å². The number of sulfonamides is 1. The van der Waals surface area contributed by atoms with E-state index in [2.05, 4.69) is 4.72 Å². The Morgan fingerprint density at radius 2 is 1.59 bits per heavy atom. The number of anilines is 1. The van der Waals surface area contributed by atoms with Gasteiger partial charge in [0.25, 0.3) is 10.0 Å². The molecule has 2 aromatic heterocycles. The number of nitrogens with zero attached hydrogens (tertiary/aromatic N) is 2. The number of hydrogen-bond acceptors (Lipinski definition) is 3. The van der Waals surface area contributed by atoms with Gasteiger partial charge in [0.05, 0.1) is 4.90 Å². The molecule has 0 unspecified atom stereocenters. The van der Waals surface area contributed by atoms with Crippen LogP contribution in [0.25, 0.3) is 16.9 Å². The number of aryl methyl sites for hydroxylation is 2. The molecule has 136 valence electrons. The molecule has 0 aliphatic heterocycles. The van der Waals surface area contributed by atoms with Crippen molar-refractivity contribution in [3.63, 3.8) is 0 Å². The Morgan fingerprint density at radius 3 is 2.30 bits per heavy atom. The Morgan fingerprint density at radius 1 is 0.889 bits per heavy atom. The van der Waals surface area contributed by atoms with Gasteiger partial charge in [0.15, 0.2) is 5.82 Å². The minimum atomic E-state index is -3.75. The molecule has 0 saturated heterocycles. The first-order chi connectivity index (χ1) is 13.0. The second-order valence-electron chi connectivity index (χ2n) is 6.48. The number of imidazole rings is 1. The van der Waals surface area contributed by atoms with Gasteiger partial charge in [-0.05, 0) is 37.6 Å². The van der Waals surface area contributed by atoms with Crippen LogP contribution in [0.15, 0.2) is 77.8 Å². The van der Waals surface area contributed by atoms with Gasteiger partial charge in [-0.15, -0.1) is 0 Å². The Kier molecular flexibility index (Phi) is 4.20. The zero-order valence-electron chi connectivity index (χ0n) is 15.0. The lowest BCUT2D eigenvalue weighted by atomic mass is 10.1. The van der Waals surface area contributed by atoms with Gasteiger partial charge in [0.1, 0.15) is 11.3 Å². The van der Waals surface area contributed by atoms with E-state index in [1.807, 2.05) is 62.5 Å². The summed E-state index contributed by atoms with van der Waals surface area (Å²) >= 11 is 0. The molecule has 0 radical (unpaired) electrons. The molecule has 2 heterocycles. The highest BCUT2D eigenvalue weighted by molar-refractivity contribution is 7.92. The molecule has 6 heteroatoms. The van der Waals surface area contributed by atoms with E-state index < -0.39 is 10.0 Å². The maximum Gasteiger partial charge on any atom is 0.263 e. The number of hydrogen-bond donors (Lipinski definition) is 1. The lowest BCUT2D eigenvalue weighted by molar-refractivity contribution is 0.601. The Hall–Kier alpha value is -3.12. The van der Waals surface area contributed by atoms with E-state index in [9.17, 15) is 8.42 Å². The number of benzene rings is 2. The Labute approximate surface area is 158 Å². The SMILES string of the molecule is Cc1ccc(S(=O)(=O)Nc2c(-c3ccccc3)nc3c(C)cccn23)cc1. The summed E-state index contributed by atoms with van der Waals surface area (Å²) in [6.45, 7) is 3.87. The number of aromatic nitrogens is 2. The van der Waals surface area contributed by atoms with Crippen LogP contribution < -0.4 is 4.72 Å². The molecular weight excluding hydrogens is 358 g/mol. The maximum atomic E-state index is 13.0. The van der Waals surface area contributed by atoms with E-state index in [-0.39, 0.29) is 4.90 Å². The number of fused-ring (bicyclic) bond motifs is 1. The van der Waals surface area contributed by atoms with Gasteiger partial charge >= 0.3 is 0 Å². The third-order valence-electron chi connectivity index (χ3n) is 4.45. The van der Waals surface area contributed by atoms with Crippen LogP contribution >= 0.6 is 0 Å². The normalized spacial score (nSPS) is 11.6. The van der Waals surface area contributed by atoms with Gasteiger partial charge in [-0.2, -0.15) is 0 Å². The summed E-state index contributed by atoms with van der Waals surface area (Å²) in [6, 6.07) is 20.2. The summed E-state index contributed by atoms with van der Waals surface area (Å²) in [5.74, 6) is 0.431. The largest absolute Gasteiger partial charge is 0.285 e. The van der Waals surface area contributed by atoms with Gasteiger partial charge in [-0.25, -0.2) is 13.4 Å². The van der Waals surface area contributed by atoms with E-state index >= 15 is 0 Å². The molecular formula is C21H19N3O2S. The topological polar surface area (TPSA) is 63.5 Å². The maximum absolute atomic E-state index is 13.0. The standard InChI is InChI=1S/C21H19N3O2S/c1-15-10-12-18(13-11-15)27(25,26)23-21-19(17-8-4-3-5-9-17)22-20-16(2)7-6-14-24(20)21/h3-14,23H,1-2H3.